The lowest BCUT2D eigenvalue weighted by Crippen LogP contribution is -2.46. The highest BCUT2D eigenvalue weighted by Gasteiger charge is 2.48. The monoisotopic (exact) mass is 266 g/mol. The predicted molar refractivity (Wildman–Crippen MR) is 72.8 cm³/mol. The summed E-state index contributed by atoms with van der Waals surface area (Å²) in [6.45, 7) is 5.71. The zero-order valence-electron chi connectivity index (χ0n) is 11.1. The minimum atomic E-state index is -0.447. The van der Waals surface area contributed by atoms with Gasteiger partial charge in [0.2, 0.25) is 0 Å². The highest BCUT2D eigenvalue weighted by Crippen LogP contribution is 2.45. The molecule has 2 rings (SSSR count). The van der Waals surface area contributed by atoms with Crippen LogP contribution < -0.4 is 0 Å². The van der Waals surface area contributed by atoms with Crippen LogP contribution in [0.25, 0.3) is 0 Å². The molecule has 1 saturated carbocycles. The van der Waals surface area contributed by atoms with Gasteiger partial charge in [0, 0.05) is 5.02 Å². The summed E-state index contributed by atoms with van der Waals surface area (Å²) in [5, 5.41) is 0.692. The summed E-state index contributed by atoms with van der Waals surface area (Å²) < 4.78 is 5.56. The maximum atomic E-state index is 12.4. The second kappa shape index (κ2) is 4.58. The molecule has 0 N–H and O–H groups in total. The summed E-state index contributed by atoms with van der Waals surface area (Å²) in [6, 6.07) is 7.54. The van der Waals surface area contributed by atoms with Gasteiger partial charge in [0.25, 0.3) is 0 Å². The topological polar surface area (TPSA) is 26.3 Å². The quantitative estimate of drug-likeness (QED) is 0.753. The summed E-state index contributed by atoms with van der Waals surface area (Å²) >= 11 is 5.89. The maximum Gasteiger partial charge on any atom is 0.317 e. The molecule has 0 heterocycles. The van der Waals surface area contributed by atoms with Crippen molar-refractivity contribution in [1.29, 1.82) is 0 Å². The van der Waals surface area contributed by atoms with Gasteiger partial charge in [-0.3, -0.25) is 4.79 Å². The summed E-state index contributed by atoms with van der Waals surface area (Å²) in [7, 11) is 0. The summed E-state index contributed by atoms with van der Waals surface area (Å²) in [5.41, 5.74) is 0.136. The molecule has 1 aliphatic carbocycles. The van der Waals surface area contributed by atoms with Crippen LogP contribution >= 0.6 is 11.6 Å². The van der Waals surface area contributed by atoms with Crippen molar-refractivity contribution in [2.24, 2.45) is 0 Å². The third-order valence-corrected chi connectivity index (χ3v) is 3.65. The van der Waals surface area contributed by atoms with Gasteiger partial charge in [0.1, 0.15) is 5.60 Å². The Labute approximate surface area is 113 Å². The average molecular weight is 267 g/mol. The molecule has 0 saturated heterocycles. The second-order valence-corrected chi connectivity index (χ2v) is 6.38. The van der Waals surface area contributed by atoms with E-state index in [-0.39, 0.29) is 5.97 Å². The number of ether oxygens (including phenoxy) is 1. The van der Waals surface area contributed by atoms with Gasteiger partial charge in [-0.25, -0.2) is 0 Å². The van der Waals surface area contributed by atoms with Crippen LogP contribution in [0.15, 0.2) is 24.3 Å². The molecule has 0 atom stereocenters. The van der Waals surface area contributed by atoms with Crippen molar-refractivity contribution < 1.29 is 9.53 Å². The Hall–Kier alpha value is -1.02. The van der Waals surface area contributed by atoms with Crippen LogP contribution in [0.3, 0.4) is 0 Å². The lowest BCUT2D eigenvalue weighted by atomic mass is 9.64. The van der Waals surface area contributed by atoms with Crippen LogP contribution in [-0.4, -0.2) is 11.6 Å². The smallest absolute Gasteiger partial charge is 0.317 e. The minimum absolute atomic E-state index is 0.108. The molecular formula is C15H19ClO2. The third-order valence-electron chi connectivity index (χ3n) is 3.39. The van der Waals surface area contributed by atoms with E-state index in [0.29, 0.717) is 5.02 Å². The molecule has 2 nitrogen and oxygen atoms in total. The Kier molecular flexibility index (Phi) is 3.41. The molecule has 0 radical (unpaired) electrons. The maximum absolute atomic E-state index is 12.4. The fourth-order valence-corrected chi connectivity index (χ4v) is 2.41. The number of hydrogen-bond donors (Lipinski definition) is 0. The fraction of sp³-hybridized carbons (Fsp3) is 0.533. The third kappa shape index (κ3) is 2.54. The Bertz CT molecular complexity index is 439. The van der Waals surface area contributed by atoms with E-state index < -0.39 is 11.0 Å². The first-order chi connectivity index (χ1) is 8.33. The Morgan fingerprint density at radius 3 is 2.17 bits per heavy atom. The lowest BCUT2D eigenvalue weighted by molar-refractivity contribution is -0.166. The highest BCUT2D eigenvalue weighted by atomic mass is 35.5. The van der Waals surface area contributed by atoms with Crippen LogP contribution in [-0.2, 0) is 14.9 Å². The SMILES string of the molecule is CC(C)(C)OC(=O)C1(c2ccc(Cl)cc2)CCC1. The van der Waals surface area contributed by atoms with Gasteiger partial charge in [-0.05, 0) is 51.3 Å². The van der Waals surface area contributed by atoms with Crippen molar-refractivity contribution >= 4 is 17.6 Å². The molecule has 0 amide bonds. The van der Waals surface area contributed by atoms with E-state index in [1.165, 1.54) is 0 Å². The zero-order chi connectivity index (χ0) is 13.4. The molecule has 1 aromatic rings. The van der Waals surface area contributed by atoms with Crippen molar-refractivity contribution in [3.05, 3.63) is 34.9 Å². The van der Waals surface area contributed by atoms with E-state index in [1.807, 2.05) is 45.0 Å². The van der Waals surface area contributed by atoms with Gasteiger partial charge in [0.15, 0.2) is 0 Å². The van der Waals surface area contributed by atoms with Gasteiger partial charge in [-0.1, -0.05) is 30.2 Å². The lowest BCUT2D eigenvalue weighted by Gasteiger charge is -2.41. The van der Waals surface area contributed by atoms with Crippen molar-refractivity contribution in [2.75, 3.05) is 0 Å². The number of carbonyl (C=O) groups excluding carboxylic acids is 1. The number of hydrogen-bond acceptors (Lipinski definition) is 2. The van der Waals surface area contributed by atoms with Crippen LogP contribution in [0.1, 0.15) is 45.6 Å². The van der Waals surface area contributed by atoms with E-state index in [9.17, 15) is 4.79 Å². The van der Waals surface area contributed by atoms with Crippen molar-refractivity contribution in [3.63, 3.8) is 0 Å². The van der Waals surface area contributed by atoms with E-state index >= 15 is 0 Å². The van der Waals surface area contributed by atoms with Crippen molar-refractivity contribution in [1.82, 2.24) is 0 Å². The van der Waals surface area contributed by atoms with Gasteiger partial charge < -0.3 is 4.74 Å². The van der Waals surface area contributed by atoms with E-state index in [0.717, 1.165) is 24.8 Å². The van der Waals surface area contributed by atoms with E-state index in [1.54, 1.807) is 0 Å². The van der Waals surface area contributed by atoms with Gasteiger partial charge in [-0.15, -0.1) is 0 Å². The molecule has 0 aromatic heterocycles. The molecular weight excluding hydrogens is 248 g/mol. The highest BCUT2D eigenvalue weighted by molar-refractivity contribution is 6.30. The zero-order valence-corrected chi connectivity index (χ0v) is 11.9. The number of benzene rings is 1. The molecule has 3 heteroatoms. The average Bonchev–Trinajstić information content (AvgIpc) is 2.16. The van der Waals surface area contributed by atoms with E-state index in [2.05, 4.69) is 0 Å². The van der Waals surface area contributed by atoms with Gasteiger partial charge in [-0.2, -0.15) is 0 Å². The summed E-state index contributed by atoms with van der Waals surface area (Å²) in [6.07, 6.45) is 2.80. The van der Waals surface area contributed by atoms with E-state index in [4.69, 9.17) is 16.3 Å². The van der Waals surface area contributed by atoms with Crippen LogP contribution in [0.5, 0.6) is 0 Å². The first kappa shape index (κ1) is 13.4. The van der Waals surface area contributed by atoms with Gasteiger partial charge >= 0.3 is 5.97 Å². The Morgan fingerprint density at radius 2 is 1.78 bits per heavy atom. The molecule has 0 aliphatic heterocycles. The normalized spacial score (nSPS) is 18.0. The van der Waals surface area contributed by atoms with Crippen molar-refractivity contribution in [3.8, 4) is 0 Å². The molecule has 18 heavy (non-hydrogen) atoms. The molecule has 1 aromatic carbocycles. The summed E-state index contributed by atoms with van der Waals surface area (Å²) in [4.78, 5) is 12.4. The number of carbonyl (C=O) groups is 1. The van der Waals surface area contributed by atoms with Crippen LogP contribution in [0, 0.1) is 0 Å². The van der Waals surface area contributed by atoms with Crippen LogP contribution in [0.4, 0.5) is 0 Å². The standard InChI is InChI=1S/C15H19ClO2/c1-14(2,3)18-13(17)15(9-4-10-15)11-5-7-12(16)8-6-11/h5-8H,4,9-10H2,1-3H3. The largest absolute Gasteiger partial charge is 0.459 e. The Balaban J connectivity index is 2.26. The molecule has 0 spiro atoms. The predicted octanol–water partition coefficient (Wildman–Crippen LogP) is 4.10. The minimum Gasteiger partial charge on any atom is -0.459 e. The van der Waals surface area contributed by atoms with Gasteiger partial charge in [0.05, 0.1) is 5.41 Å². The molecule has 98 valence electrons. The number of halogens is 1. The molecule has 0 unspecified atom stereocenters. The Morgan fingerprint density at radius 1 is 1.22 bits per heavy atom. The van der Waals surface area contributed by atoms with Crippen molar-refractivity contribution in [2.45, 2.75) is 51.0 Å². The number of rotatable bonds is 2. The van der Waals surface area contributed by atoms with Crippen LogP contribution in [0.2, 0.25) is 5.02 Å². The molecule has 1 aliphatic rings. The number of esters is 1. The summed E-state index contributed by atoms with van der Waals surface area (Å²) in [5.74, 6) is -0.108. The first-order valence-corrected chi connectivity index (χ1v) is 6.71. The molecule has 1 fully saturated rings. The second-order valence-electron chi connectivity index (χ2n) is 5.94. The molecule has 0 bridgehead atoms. The fourth-order valence-electron chi connectivity index (χ4n) is 2.29. The first-order valence-electron chi connectivity index (χ1n) is 6.33.